The summed E-state index contributed by atoms with van der Waals surface area (Å²) < 4.78 is 70.7. The summed E-state index contributed by atoms with van der Waals surface area (Å²) in [7, 11) is -3.76. The second kappa shape index (κ2) is 7.42. The van der Waals surface area contributed by atoms with Gasteiger partial charge >= 0.3 is 6.36 Å². The van der Waals surface area contributed by atoms with Gasteiger partial charge in [-0.15, -0.1) is 13.2 Å². The number of sulfonamides is 1. The van der Waals surface area contributed by atoms with Crippen molar-refractivity contribution in [3.63, 3.8) is 0 Å². The van der Waals surface area contributed by atoms with E-state index in [1.807, 2.05) is 0 Å². The number of aliphatic hydroxyl groups excluding tert-OH is 1. The summed E-state index contributed by atoms with van der Waals surface area (Å²) in [5.41, 5.74) is 0.447. The van der Waals surface area contributed by atoms with Gasteiger partial charge in [-0.3, -0.25) is 0 Å². The van der Waals surface area contributed by atoms with Gasteiger partial charge in [-0.1, -0.05) is 17.3 Å². The zero-order valence-corrected chi connectivity index (χ0v) is 13.8. The third kappa shape index (κ3) is 6.36. The van der Waals surface area contributed by atoms with Crippen molar-refractivity contribution in [2.45, 2.75) is 25.1 Å². The molecule has 0 amide bonds. The van der Waals surface area contributed by atoms with Gasteiger partial charge in [0.05, 0.1) is 6.10 Å². The molecular weight excluding hydrogens is 365 g/mol. The molecule has 0 spiro atoms. The van der Waals surface area contributed by atoms with Gasteiger partial charge in [-0.2, -0.15) is 0 Å². The van der Waals surface area contributed by atoms with Gasteiger partial charge in [-0.25, -0.2) is 13.1 Å². The lowest BCUT2D eigenvalue weighted by Gasteiger charge is -2.13. The number of rotatable bonds is 7. The van der Waals surface area contributed by atoms with Crippen molar-refractivity contribution in [1.29, 1.82) is 0 Å². The molecule has 11 heteroatoms. The number of hydrogen-bond donors (Lipinski definition) is 2. The molecule has 0 aliphatic rings. The molecule has 2 aromatic rings. The Balaban J connectivity index is 1.91. The first-order valence-electron chi connectivity index (χ1n) is 6.97. The molecule has 0 aliphatic heterocycles. The first-order valence-corrected chi connectivity index (χ1v) is 8.62. The normalized spacial score (nSPS) is 13.6. The predicted octanol–water partition coefficient (Wildman–Crippen LogP) is 2.03. The summed E-state index contributed by atoms with van der Waals surface area (Å²) in [4.78, 5) is 0. The van der Waals surface area contributed by atoms with Crippen LogP contribution in [0.15, 0.2) is 34.9 Å². The Labute approximate surface area is 141 Å². The maximum Gasteiger partial charge on any atom is 0.573 e. The van der Waals surface area contributed by atoms with E-state index >= 15 is 0 Å². The highest BCUT2D eigenvalue weighted by Crippen LogP contribution is 2.24. The first kappa shape index (κ1) is 19.2. The van der Waals surface area contributed by atoms with E-state index in [2.05, 4.69) is 14.6 Å². The van der Waals surface area contributed by atoms with Crippen LogP contribution in [0.4, 0.5) is 13.2 Å². The van der Waals surface area contributed by atoms with Crippen LogP contribution in [0.2, 0.25) is 0 Å². The van der Waals surface area contributed by atoms with Crippen LogP contribution in [-0.4, -0.2) is 31.6 Å². The molecule has 7 nitrogen and oxygen atoms in total. The minimum absolute atomic E-state index is 0.216. The molecule has 0 aliphatic carbocycles. The van der Waals surface area contributed by atoms with Gasteiger partial charge in [-0.05, 0) is 24.6 Å². The van der Waals surface area contributed by atoms with Gasteiger partial charge in [0.2, 0.25) is 10.0 Å². The molecule has 0 saturated heterocycles. The van der Waals surface area contributed by atoms with Crippen LogP contribution >= 0.6 is 0 Å². The predicted molar refractivity (Wildman–Crippen MR) is 80.0 cm³/mol. The molecule has 2 N–H and O–H groups in total. The Bertz CT molecular complexity index is 803. The minimum atomic E-state index is -4.81. The fourth-order valence-corrected chi connectivity index (χ4v) is 2.99. The monoisotopic (exact) mass is 380 g/mol. The highest BCUT2D eigenvalue weighted by molar-refractivity contribution is 7.88. The highest BCUT2D eigenvalue weighted by atomic mass is 32.2. The van der Waals surface area contributed by atoms with E-state index in [4.69, 9.17) is 4.52 Å². The van der Waals surface area contributed by atoms with E-state index in [9.17, 15) is 26.7 Å². The molecular formula is C14H15F3N2O5S. The van der Waals surface area contributed by atoms with Crippen molar-refractivity contribution >= 4 is 10.0 Å². The number of hydrogen-bond acceptors (Lipinski definition) is 6. The number of benzene rings is 1. The van der Waals surface area contributed by atoms with Gasteiger partial charge < -0.3 is 14.4 Å². The zero-order valence-electron chi connectivity index (χ0n) is 12.9. The molecule has 25 heavy (non-hydrogen) atoms. The molecule has 0 radical (unpaired) electrons. The van der Waals surface area contributed by atoms with Crippen molar-refractivity contribution in [2.24, 2.45) is 0 Å². The van der Waals surface area contributed by atoms with Gasteiger partial charge in [0.15, 0.2) is 0 Å². The van der Waals surface area contributed by atoms with Gasteiger partial charge in [0.25, 0.3) is 0 Å². The molecule has 1 unspecified atom stereocenters. The average molecular weight is 380 g/mol. The largest absolute Gasteiger partial charge is 0.573 e. The Morgan fingerprint density at radius 1 is 1.32 bits per heavy atom. The number of alkyl halides is 3. The first-order chi connectivity index (χ1) is 11.5. The number of nitrogens with one attached hydrogen (secondary N) is 1. The Morgan fingerprint density at radius 2 is 1.96 bits per heavy atom. The van der Waals surface area contributed by atoms with Crippen molar-refractivity contribution < 1.29 is 36.0 Å². The highest BCUT2D eigenvalue weighted by Gasteiger charge is 2.31. The number of aryl methyl sites for hydroxylation is 1. The standard InChI is InChI=1S/C14H15F3N2O5S/c1-9-6-11(19-24-9)8-25(21,22)18-7-13(20)10-2-4-12(5-3-10)23-14(15,16)17/h2-6,13,18,20H,7-8H2,1H3. The average Bonchev–Trinajstić information content (AvgIpc) is 2.88. The van der Waals surface area contributed by atoms with E-state index in [-0.39, 0.29) is 17.8 Å². The van der Waals surface area contributed by atoms with Crippen LogP contribution in [0, 0.1) is 6.92 Å². The lowest BCUT2D eigenvalue weighted by Crippen LogP contribution is -2.29. The number of aliphatic hydroxyl groups is 1. The van der Waals surface area contributed by atoms with Gasteiger partial charge in [0, 0.05) is 12.6 Å². The fourth-order valence-electron chi connectivity index (χ4n) is 1.95. The molecule has 2 rings (SSSR count). The van der Waals surface area contributed by atoms with Crippen LogP contribution in [0.25, 0.3) is 0 Å². The van der Waals surface area contributed by atoms with Crippen LogP contribution < -0.4 is 9.46 Å². The second-order valence-electron chi connectivity index (χ2n) is 5.17. The summed E-state index contributed by atoms with van der Waals surface area (Å²) in [5, 5.41) is 13.5. The Hall–Kier alpha value is -2.11. The topological polar surface area (TPSA) is 102 Å². The quantitative estimate of drug-likeness (QED) is 0.762. The van der Waals surface area contributed by atoms with Crippen LogP contribution in [0.1, 0.15) is 23.1 Å². The summed E-state index contributed by atoms with van der Waals surface area (Å²) in [5.74, 6) is -0.396. The molecule has 1 atom stereocenters. The zero-order chi connectivity index (χ0) is 18.7. The molecule has 1 aromatic carbocycles. The lowest BCUT2D eigenvalue weighted by atomic mass is 10.1. The van der Waals surface area contributed by atoms with E-state index in [0.29, 0.717) is 5.76 Å². The maximum absolute atomic E-state index is 12.1. The van der Waals surface area contributed by atoms with E-state index in [1.165, 1.54) is 18.2 Å². The van der Waals surface area contributed by atoms with Crippen LogP contribution in [0.3, 0.4) is 0 Å². The fraction of sp³-hybridized carbons (Fsp3) is 0.357. The molecule has 138 valence electrons. The summed E-state index contributed by atoms with van der Waals surface area (Å²) >= 11 is 0. The van der Waals surface area contributed by atoms with E-state index in [1.54, 1.807) is 6.92 Å². The Kier molecular flexibility index (Phi) is 5.70. The van der Waals surface area contributed by atoms with Crippen LogP contribution in [-0.2, 0) is 15.8 Å². The van der Waals surface area contributed by atoms with Crippen molar-refractivity contribution in [2.75, 3.05) is 6.54 Å². The SMILES string of the molecule is Cc1cc(CS(=O)(=O)NCC(O)c2ccc(OC(F)(F)F)cc2)no1. The summed E-state index contributed by atoms with van der Waals surface area (Å²) in [6.07, 6.45) is -6.05. The Morgan fingerprint density at radius 3 is 2.48 bits per heavy atom. The number of ether oxygens (including phenoxy) is 1. The molecule has 1 heterocycles. The van der Waals surface area contributed by atoms with Crippen molar-refractivity contribution in [3.8, 4) is 5.75 Å². The van der Waals surface area contributed by atoms with Crippen molar-refractivity contribution in [1.82, 2.24) is 9.88 Å². The summed E-state index contributed by atoms with van der Waals surface area (Å²) in [6.45, 7) is 1.27. The third-order valence-corrected chi connectivity index (χ3v) is 4.29. The molecule has 1 aromatic heterocycles. The summed E-state index contributed by atoms with van der Waals surface area (Å²) in [6, 6.07) is 5.94. The maximum atomic E-state index is 12.1. The van der Waals surface area contributed by atoms with Crippen LogP contribution in [0.5, 0.6) is 5.75 Å². The number of nitrogens with zero attached hydrogens (tertiary/aromatic N) is 1. The number of aromatic nitrogens is 1. The van der Waals surface area contributed by atoms with E-state index in [0.717, 1.165) is 12.1 Å². The smallest absolute Gasteiger partial charge is 0.406 e. The van der Waals surface area contributed by atoms with Gasteiger partial charge in [0.1, 0.15) is 23.0 Å². The minimum Gasteiger partial charge on any atom is -0.406 e. The molecule has 0 saturated carbocycles. The van der Waals surface area contributed by atoms with Crippen molar-refractivity contribution in [3.05, 3.63) is 47.3 Å². The second-order valence-corrected chi connectivity index (χ2v) is 6.98. The lowest BCUT2D eigenvalue weighted by molar-refractivity contribution is -0.274. The molecule has 0 bridgehead atoms. The third-order valence-electron chi connectivity index (χ3n) is 3.01. The van der Waals surface area contributed by atoms with E-state index < -0.39 is 34.0 Å². The number of halogens is 3. The molecule has 0 fully saturated rings.